The van der Waals surface area contributed by atoms with Crippen molar-refractivity contribution in [2.75, 3.05) is 9.80 Å². The molecule has 4 heteroatoms. The maximum atomic E-state index is 11.3. The molecule has 0 amide bonds. The Balaban J connectivity index is 1.22. The first-order valence-corrected chi connectivity index (χ1v) is 34.1. The second-order valence-corrected chi connectivity index (χ2v) is 28.6. The molecule has 0 bridgehead atoms. The first kappa shape index (κ1) is 46.9. The van der Waals surface area contributed by atoms with E-state index >= 15 is 0 Å². The highest BCUT2D eigenvalue weighted by atomic mass is 32.2. The molecular weight excluding hydrogens is 1230 g/mol. The van der Waals surface area contributed by atoms with Crippen molar-refractivity contribution in [2.45, 2.75) is 88.3 Å². The quantitative estimate of drug-likeness (QED) is 0.0902. The highest BCUT2D eigenvalue weighted by Crippen LogP contribution is 2.55. The van der Waals surface area contributed by atoms with Crippen molar-refractivity contribution in [3.63, 3.8) is 0 Å². The van der Waals surface area contributed by atoms with Crippen molar-refractivity contribution in [1.29, 1.82) is 0 Å². The molecule has 0 unspecified atom stereocenters. The molecule has 0 aliphatic rings. The number of rotatable bonds is 17. The standard InChI is InChI=1S/C96H84N2OS/c1-94(2,3)77-57-81(97(80-47-31-46-76(56-80)69-36-21-12-22-37-69)92-88(72-38-23-13-24-39-72)59-78(95(4,5)6)60-89(92)73-40-25-14-26-41-73)63-82(58-77)98(93-90(74-42-27-15-28-43-74)61-79(96(7,8)9)62-91(93)75-44-29-16-30-45-75)83-64-85(99-84-52-48-70(49-53-84)67-32-17-10-18-33-67)66-87(65-83)100-86-54-50-71(51-55-86)68-34-19-11-20-35-68/h10-66H,1-9H3/i12D,21D,22D,31D,36D,37D,46D,47D,48D,49D,50D,51D,52D,53D,54D,55D,56D,64D,65D. The lowest BCUT2D eigenvalue weighted by Crippen LogP contribution is -2.20. The molecule has 0 fully saturated rings. The molecule has 14 aromatic rings. The highest BCUT2D eigenvalue weighted by molar-refractivity contribution is 7.99. The van der Waals surface area contributed by atoms with Crippen LogP contribution in [-0.4, -0.2) is 0 Å². The van der Waals surface area contributed by atoms with Crippen molar-refractivity contribution < 1.29 is 30.8 Å². The van der Waals surface area contributed by atoms with E-state index in [4.69, 9.17) is 8.85 Å². The molecule has 0 aromatic heterocycles. The van der Waals surface area contributed by atoms with Crippen molar-refractivity contribution in [3.8, 4) is 89.4 Å². The number of nitrogens with zero attached hydrogens (tertiary/aromatic N) is 2. The monoisotopic (exact) mass is 1330 g/mol. The smallest absolute Gasteiger partial charge is 0.130 e. The molecule has 3 nitrogen and oxygen atoms in total. The van der Waals surface area contributed by atoms with Crippen LogP contribution >= 0.6 is 11.8 Å². The molecule has 0 saturated heterocycles. The van der Waals surface area contributed by atoms with E-state index in [1.54, 1.807) is 76.5 Å². The van der Waals surface area contributed by atoms with Gasteiger partial charge >= 0.3 is 0 Å². The largest absolute Gasteiger partial charge is 0.457 e. The zero-order valence-corrected chi connectivity index (χ0v) is 58.0. The molecule has 0 N–H and O–H groups in total. The fourth-order valence-corrected chi connectivity index (χ4v) is 12.8. The van der Waals surface area contributed by atoms with Gasteiger partial charge in [-0.1, -0.05) is 323 Å². The third-order valence-corrected chi connectivity index (χ3v) is 18.2. The Labute approximate surface area is 623 Å². The van der Waals surface area contributed by atoms with Gasteiger partial charge in [-0.25, -0.2) is 0 Å². The summed E-state index contributed by atoms with van der Waals surface area (Å²) in [6, 6.07) is 58.7. The van der Waals surface area contributed by atoms with Gasteiger partial charge in [0, 0.05) is 55.1 Å². The lowest BCUT2D eigenvalue weighted by atomic mass is 9.81. The SMILES string of the molecule is [2H]c1c([2H])c([2H])c(-c2c([2H])c([2H])c([2H])c(N(c3cc(N(c4c(-c5ccccc5)cc(C(C)(C)C)cc4-c4ccccc4)c4c([2H])c(Oc5c([2H])c([2H])c(-c6ccccc6)c([2H])c5[2H])cc(Sc5c([2H])c([2H])c(-c6ccccc6)c([2H])c5[2H])c4[2H])cc(C(C)(C)C)c3)c3c(-c4ccccc4)cc(C(C)(C)C)cc3-c3ccccc3)c2[2H])c([2H])c1[2H]. The van der Waals surface area contributed by atoms with Gasteiger partial charge in [0.25, 0.3) is 0 Å². The molecule has 0 aliphatic carbocycles. The number of benzene rings is 14. The van der Waals surface area contributed by atoms with Crippen molar-refractivity contribution in [3.05, 3.63) is 362 Å². The van der Waals surface area contributed by atoms with Crippen LogP contribution in [-0.2, 0) is 16.2 Å². The summed E-state index contributed by atoms with van der Waals surface area (Å²) >= 11 is 0.694. The third-order valence-electron chi connectivity index (χ3n) is 17.3. The summed E-state index contributed by atoms with van der Waals surface area (Å²) in [6.45, 7) is 18.4. The maximum absolute atomic E-state index is 11.3. The maximum Gasteiger partial charge on any atom is 0.130 e. The Kier molecular flexibility index (Phi) is 13.3. The fraction of sp³-hybridized carbons (Fsp3) is 0.125. The minimum Gasteiger partial charge on any atom is -0.457 e. The van der Waals surface area contributed by atoms with Gasteiger partial charge in [-0.15, -0.1) is 0 Å². The third kappa shape index (κ3) is 14.7. The van der Waals surface area contributed by atoms with Gasteiger partial charge in [-0.2, -0.15) is 0 Å². The average molecular weight is 1330 g/mol. The lowest BCUT2D eigenvalue weighted by molar-refractivity contribution is 0.481. The Morgan fingerprint density at radius 1 is 0.270 bits per heavy atom. The summed E-state index contributed by atoms with van der Waals surface area (Å²) < 4.78 is 194. The first-order chi connectivity index (χ1) is 56.4. The van der Waals surface area contributed by atoms with Crippen LogP contribution in [0.4, 0.5) is 34.1 Å². The van der Waals surface area contributed by atoms with Gasteiger partial charge in [0.15, 0.2) is 0 Å². The van der Waals surface area contributed by atoms with Crippen LogP contribution in [0, 0.1) is 0 Å². The zero-order valence-electron chi connectivity index (χ0n) is 76.2. The van der Waals surface area contributed by atoms with Crippen LogP contribution in [0.2, 0.25) is 0 Å². The summed E-state index contributed by atoms with van der Waals surface area (Å²) in [5.74, 6) is -1.03. The zero-order chi connectivity index (χ0) is 85.5. The number of ether oxygens (including phenoxy) is 1. The minimum absolute atomic E-state index is 0.0202. The van der Waals surface area contributed by atoms with Crippen molar-refractivity contribution in [2.24, 2.45) is 0 Å². The van der Waals surface area contributed by atoms with Crippen LogP contribution in [0.15, 0.2) is 355 Å². The fourth-order valence-electron chi connectivity index (χ4n) is 12.0. The van der Waals surface area contributed by atoms with Crippen molar-refractivity contribution >= 4 is 45.9 Å². The molecule has 0 saturated carbocycles. The van der Waals surface area contributed by atoms with Gasteiger partial charge in [-0.05, 0) is 179 Å². The molecule has 0 aliphatic heterocycles. The Morgan fingerprint density at radius 3 is 1.04 bits per heavy atom. The van der Waals surface area contributed by atoms with Gasteiger partial charge in [0.05, 0.1) is 43.1 Å². The van der Waals surface area contributed by atoms with Gasteiger partial charge in [0.1, 0.15) is 11.5 Å². The summed E-state index contributed by atoms with van der Waals surface area (Å²) in [7, 11) is 0. The van der Waals surface area contributed by atoms with Crippen molar-refractivity contribution in [1.82, 2.24) is 0 Å². The molecular formula is C96H84N2OS. The lowest BCUT2D eigenvalue weighted by Gasteiger charge is -2.36. The topological polar surface area (TPSA) is 15.7 Å². The Hall–Kier alpha value is -11.2. The predicted molar refractivity (Wildman–Crippen MR) is 427 cm³/mol. The Morgan fingerprint density at radius 2 is 0.630 bits per heavy atom. The van der Waals surface area contributed by atoms with Gasteiger partial charge < -0.3 is 14.5 Å². The van der Waals surface area contributed by atoms with E-state index in [1.165, 1.54) is 6.07 Å². The Bertz CT molecular complexity index is 6000. The van der Waals surface area contributed by atoms with E-state index in [2.05, 4.69) is 53.7 Å². The normalized spacial score (nSPS) is 14.3. The van der Waals surface area contributed by atoms with Crippen LogP contribution in [0.1, 0.15) is 105 Å². The molecule has 490 valence electrons. The molecule has 0 atom stereocenters. The number of hydrogen-bond acceptors (Lipinski definition) is 4. The molecule has 0 spiro atoms. The van der Waals surface area contributed by atoms with E-state index in [-0.39, 0.29) is 55.8 Å². The average Bonchev–Trinajstić information content (AvgIpc) is 0.719. The van der Waals surface area contributed by atoms with Crippen LogP contribution < -0.4 is 14.5 Å². The highest BCUT2D eigenvalue weighted by Gasteiger charge is 2.32. The molecule has 14 rings (SSSR count). The molecule has 0 heterocycles. The van der Waals surface area contributed by atoms with E-state index < -0.39 is 142 Å². The van der Waals surface area contributed by atoms with E-state index in [1.807, 2.05) is 166 Å². The van der Waals surface area contributed by atoms with Crippen LogP contribution in [0.3, 0.4) is 0 Å². The van der Waals surface area contributed by atoms with E-state index in [0.29, 0.717) is 84.3 Å². The predicted octanol–water partition coefficient (Wildman–Crippen LogP) is 28.1. The van der Waals surface area contributed by atoms with E-state index in [9.17, 15) is 21.9 Å². The summed E-state index contributed by atoms with van der Waals surface area (Å²) in [5.41, 5.74) is 5.05. The summed E-state index contributed by atoms with van der Waals surface area (Å²) in [4.78, 5) is 3.05. The van der Waals surface area contributed by atoms with Gasteiger partial charge in [-0.3, -0.25) is 0 Å². The molecule has 100 heavy (non-hydrogen) atoms. The number of hydrogen-bond donors (Lipinski definition) is 0. The first-order valence-electron chi connectivity index (χ1n) is 42.7. The van der Waals surface area contributed by atoms with Crippen LogP contribution in [0.5, 0.6) is 11.5 Å². The van der Waals surface area contributed by atoms with Crippen LogP contribution in [0.25, 0.3) is 77.9 Å². The summed E-state index contributed by atoms with van der Waals surface area (Å²) in [5, 5.41) is 0. The number of anilines is 6. The second kappa shape index (κ2) is 28.4. The molecule has 0 radical (unpaired) electrons. The van der Waals surface area contributed by atoms with E-state index in [0.717, 1.165) is 11.1 Å². The summed E-state index contributed by atoms with van der Waals surface area (Å²) in [6.07, 6.45) is 0. The molecule has 14 aromatic carbocycles. The second-order valence-electron chi connectivity index (χ2n) is 27.5. The minimum atomic E-state index is -0.938. The van der Waals surface area contributed by atoms with Gasteiger partial charge in [0.2, 0.25) is 0 Å².